The lowest BCUT2D eigenvalue weighted by atomic mass is 9.77. The second-order valence-electron chi connectivity index (χ2n) is 6.60. The number of hydrogen-bond acceptors (Lipinski definition) is 4. The highest BCUT2D eigenvalue weighted by atomic mass is 35.5. The summed E-state index contributed by atoms with van der Waals surface area (Å²) in [4.78, 5) is 20.0. The molecule has 2 aromatic rings. The first-order valence-electron chi connectivity index (χ1n) is 8.39. The Morgan fingerprint density at radius 1 is 1.38 bits per heavy atom. The molecule has 126 valence electrons. The summed E-state index contributed by atoms with van der Waals surface area (Å²) in [6, 6.07) is 6.39. The van der Waals surface area contributed by atoms with E-state index in [2.05, 4.69) is 21.3 Å². The summed E-state index contributed by atoms with van der Waals surface area (Å²) in [7, 11) is 0. The molecule has 5 rings (SSSR count). The maximum Gasteiger partial charge on any atom is 0.263 e. The Bertz CT molecular complexity index is 712. The summed E-state index contributed by atoms with van der Waals surface area (Å²) in [5, 5.41) is 5.69. The van der Waals surface area contributed by atoms with Crippen LogP contribution in [0, 0.1) is 5.92 Å². The SMILES string of the molecule is O=C(NC1C2CCN(CC2)C1Cc1cccnc1)c1sccc1Cl. The number of hydrogen-bond donors (Lipinski definition) is 1. The van der Waals surface area contributed by atoms with E-state index in [1.165, 1.54) is 16.9 Å². The first kappa shape index (κ1) is 16.1. The van der Waals surface area contributed by atoms with E-state index >= 15 is 0 Å². The van der Waals surface area contributed by atoms with Crippen molar-refractivity contribution in [2.75, 3.05) is 13.1 Å². The van der Waals surface area contributed by atoms with Gasteiger partial charge in [0.2, 0.25) is 0 Å². The number of amides is 1. The number of piperidine rings is 3. The maximum atomic E-state index is 12.7. The van der Waals surface area contributed by atoms with Gasteiger partial charge in [-0.1, -0.05) is 17.7 Å². The molecule has 3 saturated heterocycles. The molecule has 0 saturated carbocycles. The predicted molar refractivity (Wildman–Crippen MR) is 96.6 cm³/mol. The Labute approximate surface area is 150 Å². The number of thiophene rings is 1. The highest BCUT2D eigenvalue weighted by molar-refractivity contribution is 7.12. The standard InChI is InChI=1S/C18H20ClN3OS/c19-14-5-9-24-17(14)18(23)21-16-13-3-7-22(8-4-13)15(16)10-12-2-1-6-20-11-12/h1-2,5-6,9,11,13,15-16H,3-4,7-8,10H2,(H,21,23). The fourth-order valence-electron chi connectivity index (χ4n) is 4.05. The van der Waals surface area contributed by atoms with Gasteiger partial charge in [0.05, 0.1) is 5.02 Å². The lowest BCUT2D eigenvalue weighted by Gasteiger charge is -2.51. The fourth-order valence-corrected chi connectivity index (χ4v) is 5.10. The van der Waals surface area contributed by atoms with Crippen LogP contribution in [0.5, 0.6) is 0 Å². The predicted octanol–water partition coefficient (Wildman–Crippen LogP) is 3.23. The number of aromatic nitrogens is 1. The second-order valence-corrected chi connectivity index (χ2v) is 7.93. The van der Waals surface area contributed by atoms with Gasteiger partial charge in [-0.25, -0.2) is 0 Å². The van der Waals surface area contributed by atoms with Crippen molar-refractivity contribution in [1.82, 2.24) is 15.2 Å². The van der Waals surface area contributed by atoms with Crippen LogP contribution < -0.4 is 5.32 Å². The number of rotatable bonds is 4. The summed E-state index contributed by atoms with van der Waals surface area (Å²) < 4.78 is 0. The second kappa shape index (κ2) is 6.82. The van der Waals surface area contributed by atoms with E-state index in [1.807, 2.05) is 17.6 Å². The van der Waals surface area contributed by atoms with Crippen molar-refractivity contribution in [3.63, 3.8) is 0 Å². The van der Waals surface area contributed by atoms with Crippen LogP contribution in [0.3, 0.4) is 0 Å². The molecule has 3 fully saturated rings. The molecule has 2 aromatic heterocycles. The molecule has 1 N–H and O–H groups in total. The largest absolute Gasteiger partial charge is 0.347 e. The number of nitrogens with one attached hydrogen (secondary N) is 1. The van der Waals surface area contributed by atoms with Crippen molar-refractivity contribution in [3.05, 3.63) is 51.4 Å². The molecule has 3 aliphatic rings. The van der Waals surface area contributed by atoms with Gasteiger partial charge >= 0.3 is 0 Å². The van der Waals surface area contributed by atoms with Gasteiger partial charge in [0.1, 0.15) is 4.88 Å². The van der Waals surface area contributed by atoms with Gasteiger partial charge in [-0.2, -0.15) is 0 Å². The number of carbonyl (C=O) groups is 1. The Morgan fingerprint density at radius 2 is 2.21 bits per heavy atom. The fraction of sp³-hybridized carbons (Fsp3) is 0.444. The van der Waals surface area contributed by atoms with Crippen molar-refractivity contribution >= 4 is 28.8 Å². The van der Waals surface area contributed by atoms with E-state index in [4.69, 9.17) is 11.6 Å². The number of pyridine rings is 1. The topological polar surface area (TPSA) is 45.2 Å². The molecule has 0 aromatic carbocycles. The molecule has 24 heavy (non-hydrogen) atoms. The average molecular weight is 362 g/mol. The highest BCUT2D eigenvalue weighted by Crippen LogP contribution is 2.34. The molecule has 1 amide bonds. The van der Waals surface area contributed by atoms with Gasteiger partial charge in [-0.05, 0) is 61.3 Å². The number of halogens is 1. The number of nitrogens with zero attached hydrogens (tertiary/aromatic N) is 2. The van der Waals surface area contributed by atoms with Crippen LogP contribution in [0.15, 0.2) is 36.0 Å². The molecule has 4 nitrogen and oxygen atoms in total. The Kier molecular flexibility index (Phi) is 4.57. The third kappa shape index (κ3) is 3.08. The molecule has 6 heteroatoms. The summed E-state index contributed by atoms with van der Waals surface area (Å²) in [5.74, 6) is 0.518. The maximum absolute atomic E-state index is 12.7. The monoisotopic (exact) mass is 361 g/mol. The summed E-state index contributed by atoms with van der Waals surface area (Å²) >= 11 is 7.53. The van der Waals surface area contributed by atoms with E-state index in [0.717, 1.165) is 32.4 Å². The van der Waals surface area contributed by atoms with Gasteiger partial charge < -0.3 is 5.32 Å². The summed E-state index contributed by atoms with van der Waals surface area (Å²) in [6.45, 7) is 2.25. The number of fused-ring (bicyclic) bond motifs is 3. The zero-order valence-electron chi connectivity index (χ0n) is 13.3. The van der Waals surface area contributed by atoms with Crippen molar-refractivity contribution in [3.8, 4) is 0 Å². The Balaban J connectivity index is 1.54. The van der Waals surface area contributed by atoms with Crippen molar-refractivity contribution < 1.29 is 4.79 Å². The molecular formula is C18H20ClN3OS. The third-order valence-corrected chi connectivity index (χ3v) is 6.59. The summed E-state index contributed by atoms with van der Waals surface area (Å²) in [5.41, 5.74) is 1.23. The Hall–Kier alpha value is -1.43. The molecule has 2 bridgehead atoms. The third-order valence-electron chi connectivity index (χ3n) is 5.25. The molecule has 3 aliphatic heterocycles. The average Bonchev–Trinajstić information content (AvgIpc) is 3.05. The van der Waals surface area contributed by atoms with Gasteiger partial charge in [0.25, 0.3) is 5.91 Å². The van der Waals surface area contributed by atoms with E-state index in [0.29, 0.717) is 21.9 Å². The van der Waals surface area contributed by atoms with Crippen LogP contribution in [0.4, 0.5) is 0 Å². The zero-order valence-corrected chi connectivity index (χ0v) is 14.9. The molecule has 5 heterocycles. The lowest BCUT2D eigenvalue weighted by molar-refractivity contribution is 0.0137. The Morgan fingerprint density at radius 3 is 2.88 bits per heavy atom. The van der Waals surface area contributed by atoms with E-state index < -0.39 is 0 Å². The van der Waals surface area contributed by atoms with E-state index in [-0.39, 0.29) is 11.9 Å². The van der Waals surface area contributed by atoms with Crippen LogP contribution in [0.2, 0.25) is 5.02 Å². The smallest absolute Gasteiger partial charge is 0.263 e. The quantitative estimate of drug-likeness (QED) is 0.909. The summed E-state index contributed by atoms with van der Waals surface area (Å²) in [6.07, 6.45) is 6.97. The van der Waals surface area contributed by atoms with Gasteiger partial charge in [-0.3, -0.25) is 14.7 Å². The zero-order chi connectivity index (χ0) is 16.5. The van der Waals surface area contributed by atoms with Gasteiger partial charge in [0.15, 0.2) is 0 Å². The van der Waals surface area contributed by atoms with Crippen LogP contribution in [-0.2, 0) is 6.42 Å². The van der Waals surface area contributed by atoms with Crippen molar-refractivity contribution in [2.45, 2.75) is 31.3 Å². The van der Waals surface area contributed by atoms with Crippen LogP contribution >= 0.6 is 22.9 Å². The minimum Gasteiger partial charge on any atom is -0.347 e. The molecular weight excluding hydrogens is 342 g/mol. The number of carbonyl (C=O) groups excluding carboxylic acids is 1. The molecule has 0 spiro atoms. The first-order valence-corrected chi connectivity index (χ1v) is 9.65. The van der Waals surface area contributed by atoms with Gasteiger partial charge in [-0.15, -0.1) is 11.3 Å². The molecule has 2 unspecified atom stereocenters. The molecule has 2 atom stereocenters. The first-order chi connectivity index (χ1) is 11.7. The van der Waals surface area contributed by atoms with Crippen molar-refractivity contribution in [1.29, 1.82) is 0 Å². The van der Waals surface area contributed by atoms with Crippen LogP contribution in [-0.4, -0.2) is 41.0 Å². The van der Waals surface area contributed by atoms with E-state index in [9.17, 15) is 4.79 Å². The lowest BCUT2D eigenvalue weighted by Crippen LogP contribution is -2.64. The van der Waals surface area contributed by atoms with Crippen LogP contribution in [0.25, 0.3) is 0 Å². The highest BCUT2D eigenvalue weighted by Gasteiger charge is 2.43. The van der Waals surface area contributed by atoms with Gasteiger partial charge in [0, 0.05) is 24.5 Å². The normalized spacial score (nSPS) is 28.7. The van der Waals surface area contributed by atoms with Crippen molar-refractivity contribution in [2.24, 2.45) is 5.92 Å². The van der Waals surface area contributed by atoms with E-state index in [1.54, 1.807) is 12.3 Å². The minimum absolute atomic E-state index is 0.0371. The van der Waals surface area contributed by atoms with Crippen LogP contribution in [0.1, 0.15) is 28.1 Å². The molecule has 0 radical (unpaired) electrons. The minimum atomic E-state index is -0.0371. The molecule has 0 aliphatic carbocycles.